The van der Waals surface area contributed by atoms with Gasteiger partial charge in [-0.15, -0.1) is 0 Å². The highest BCUT2D eigenvalue weighted by Gasteiger charge is 2.38. The summed E-state index contributed by atoms with van der Waals surface area (Å²) in [5.74, 6) is 0.329. The highest BCUT2D eigenvalue weighted by molar-refractivity contribution is 5.82. The van der Waals surface area contributed by atoms with E-state index >= 15 is 0 Å². The molecule has 0 spiro atoms. The molecule has 4 nitrogen and oxygen atoms in total. The van der Waals surface area contributed by atoms with Crippen LogP contribution in [0.5, 0.6) is 0 Å². The molecule has 0 radical (unpaired) electrons. The molecule has 2 aromatic rings. The number of nitrogens with zero attached hydrogens (tertiary/aromatic N) is 1. The summed E-state index contributed by atoms with van der Waals surface area (Å²) in [4.78, 5) is 16.3. The summed E-state index contributed by atoms with van der Waals surface area (Å²) in [6.45, 7) is 2.26. The van der Waals surface area contributed by atoms with E-state index in [0.29, 0.717) is 18.9 Å². The predicted octanol–water partition coefficient (Wildman–Crippen LogP) is 4.23. The fourth-order valence-electron chi connectivity index (χ4n) is 3.86. The number of aromatic nitrogens is 1. The molecule has 0 unspecified atom stereocenters. The molecular weight excluding hydrogens is 302 g/mol. The van der Waals surface area contributed by atoms with Crippen LogP contribution >= 0.6 is 0 Å². The number of pyridine rings is 1. The summed E-state index contributed by atoms with van der Waals surface area (Å²) in [6.07, 6.45) is 6.03. The quantitative estimate of drug-likeness (QED) is 0.771. The Labute approximate surface area is 143 Å². The summed E-state index contributed by atoms with van der Waals surface area (Å²) in [7, 11) is 1.71. The van der Waals surface area contributed by atoms with Crippen molar-refractivity contribution in [3.8, 4) is 0 Å². The van der Waals surface area contributed by atoms with E-state index in [0.717, 1.165) is 31.2 Å². The van der Waals surface area contributed by atoms with Gasteiger partial charge >= 0.3 is 5.97 Å². The van der Waals surface area contributed by atoms with Crippen LogP contribution in [0.15, 0.2) is 36.5 Å². The Bertz CT molecular complexity index is 700. The van der Waals surface area contributed by atoms with Crippen molar-refractivity contribution in [3.63, 3.8) is 0 Å². The van der Waals surface area contributed by atoms with E-state index in [9.17, 15) is 4.79 Å². The zero-order valence-electron chi connectivity index (χ0n) is 14.5. The molecule has 4 heteroatoms. The Morgan fingerprint density at radius 1 is 1.25 bits per heavy atom. The maximum atomic E-state index is 11.9. The van der Waals surface area contributed by atoms with Crippen molar-refractivity contribution in [3.05, 3.63) is 42.1 Å². The van der Waals surface area contributed by atoms with Crippen LogP contribution in [0.1, 0.15) is 50.5 Å². The minimum atomic E-state index is -0.369. The molecule has 0 N–H and O–H groups in total. The summed E-state index contributed by atoms with van der Waals surface area (Å²) in [6, 6.07) is 10.4. The molecule has 1 aliphatic rings. The summed E-state index contributed by atoms with van der Waals surface area (Å²) < 4.78 is 10.9. The fourth-order valence-corrected chi connectivity index (χ4v) is 3.86. The average Bonchev–Trinajstić information content (AvgIpc) is 2.62. The maximum Gasteiger partial charge on any atom is 0.308 e. The molecular formula is C20H25NO3. The van der Waals surface area contributed by atoms with Crippen LogP contribution in [-0.2, 0) is 14.3 Å². The van der Waals surface area contributed by atoms with Crippen molar-refractivity contribution in [1.82, 2.24) is 4.98 Å². The summed E-state index contributed by atoms with van der Waals surface area (Å²) >= 11 is 0. The lowest BCUT2D eigenvalue weighted by Crippen LogP contribution is -2.38. The van der Waals surface area contributed by atoms with Gasteiger partial charge in [0.15, 0.2) is 0 Å². The molecule has 1 aromatic heterocycles. The number of methoxy groups -OCH3 is 1. The van der Waals surface area contributed by atoms with Crippen LogP contribution in [0.2, 0.25) is 0 Å². The number of ether oxygens (including phenoxy) is 2. The summed E-state index contributed by atoms with van der Waals surface area (Å²) in [5, 5.41) is 1.24. The van der Waals surface area contributed by atoms with Crippen molar-refractivity contribution >= 4 is 16.9 Å². The number of fused-ring (bicyclic) bond motifs is 1. The Kier molecular flexibility index (Phi) is 5.14. The van der Waals surface area contributed by atoms with Crippen LogP contribution in [0.3, 0.4) is 0 Å². The Morgan fingerprint density at radius 2 is 2.00 bits per heavy atom. The first-order valence-electron chi connectivity index (χ1n) is 8.72. The van der Waals surface area contributed by atoms with Crippen LogP contribution in [0.25, 0.3) is 10.9 Å². The Hall–Kier alpha value is -1.94. The van der Waals surface area contributed by atoms with Gasteiger partial charge in [-0.05, 0) is 56.2 Å². The number of hydrogen-bond donors (Lipinski definition) is 0. The zero-order chi connectivity index (χ0) is 17.0. The summed E-state index contributed by atoms with van der Waals surface area (Å²) in [5.41, 5.74) is 2.04. The first-order valence-corrected chi connectivity index (χ1v) is 8.72. The van der Waals surface area contributed by atoms with Gasteiger partial charge in [0.1, 0.15) is 0 Å². The van der Waals surface area contributed by atoms with Gasteiger partial charge in [0.25, 0.3) is 0 Å². The number of carbonyl (C=O) groups is 1. The standard InChI is InChI=1S/C20H25NO3/c1-3-24-19(22)14-20(23-2)11-8-15(9-12-20)16-10-13-21-18-7-5-4-6-17(16)18/h4-7,10,13,15H,3,8-9,11-12,14H2,1-2H3. The van der Waals surface area contributed by atoms with Gasteiger partial charge in [0, 0.05) is 18.7 Å². The molecule has 24 heavy (non-hydrogen) atoms. The van der Waals surface area contributed by atoms with E-state index in [1.807, 2.05) is 19.2 Å². The van der Waals surface area contributed by atoms with Gasteiger partial charge in [-0.25, -0.2) is 0 Å². The fraction of sp³-hybridized carbons (Fsp3) is 0.500. The highest BCUT2D eigenvalue weighted by Crippen LogP contribution is 2.43. The number of benzene rings is 1. The third-order valence-electron chi connectivity index (χ3n) is 5.22. The van der Waals surface area contributed by atoms with E-state index < -0.39 is 0 Å². The molecule has 0 aliphatic heterocycles. The average molecular weight is 327 g/mol. The van der Waals surface area contributed by atoms with Crippen LogP contribution in [0.4, 0.5) is 0 Å². The molecule has 3 rings (SSSR count). The van der Waals surface area contributed by atoms with Crippen molar-refractivity contribution in [2.45, 2.75) is 50.5 Å². The Balaban J connectivity index is 1.75. The van der Waals surface area contributed by atoms with E-state index in [4.69, 9.17) is 9.47 Å². The minimum Gasteiger partial charge on any atom is -0.466 e. The highest BCUT2D eigenvalue weighted by atomic mass is 16.5. The molecule has 1 fully saturated rings. The second-order valence-corrected chi connectivity index (χ2v) is 6.56. The number of rotatable bonds is 5. The molecule has 1 saturated carbocycles. The molecule has 0 bridgehead atoms. The lowest BCUT2D eigenvalue weighted by atomic mass is 9.74. The number of para-hydroxylation sites is 1. The second kappa shape index (κ2) is 7.31. The predicted molar refractivity (Wildman–Crippen MR) is 93.9 cm³/mol. The van der Waals surface area contributed by atoms with E-state index in [2.05, 4.69) is 29.2 Å². The molecule has 128 valence electrons. The lowest BCUT2D eigenvalue weighted by molar-refractivity contribution is -0.152. The number of carbonyl (C=O) groups excluding carboxylic acids is 1. The van der Waals surface area contributed by atoms with E-state index in [-0.39, 0.29) is 11.6 Å². The number of esters is 1. The largest absolute Gasteiger partial charge is 0.466 e. The van der Waals surface area contributed by atoms with Gasteiger partial charge in [-0.1, -0.05) is 18.2 Å². The third kappa shape index (κ3) is 3.44. The third-order valence-corrected chi connectivity index (χ3v) is 5.22. The smallest absolute Gasteiger partial charge is 0.308 e. The first kappa shape index (κ1) is 16.9. The first-order chi connectivity index (χ1) is 11.7. The molecule has 1 aromatic carbocycles. The van der Waals surface area contributed by atoms with Gasteiger partial charge < -0.3 is 9.47 Å². The lowest BCUT2D eigenvalue weighted by Gasteiger charge is -2.38. The van der Waals surface area contributed by atoms with Crippen LogP contribution < -0.4 is 0 Å². The van der Waals surface area contributed by atoms with Gasteiger partial charge in [0.2, 0.25) is 0 Å². The van der Waals surface area contributed by atoms with Crippen molar-refractivity contribution < 1.29 is 14.3 Å². The maximum absolute atomic E-state index is 11.9. The molecule has 0 saturated heterocycles. The van der Waals surface area contributed by atoms with Gasteiger partial charge in [0.05, 0.1) is 24.1 Å². The van der Waals surface area contributed by atoms with E-state index in [1.165, 1.54) is 10.9 Å². The minimum absolute atomic E-state index is 0.160. The second-order valence-electron chi connectivity index (χ2n) is 6.56. The Morgan fingerprint density at radius 3 is 2.71 bits per heavy atom. The van der Waals surface area contributed by atoms with Crippen molar-refractivity contribution in [1.29, 1.82) is 0 Å². The van der Waals surface area contributed by atoms with Crippen molar-refractivity contribution in [2.24, 2.45) is 0 Å². The van der Waals surface area contributed by atoms with Crippen molar-refractivity contribution in [2.75, 3.05) is 13.7 Å². The molecule has 0 amide bonds. The van der Waals surface area contributed by atoms with E-state index in [1.54, 1.807) is 7.11 Å². The molecule has 1 aliphatic carbocycles. The monoisotopic (exact) mass is 327 g/mol. The van der Waals surface area contributed by atoms with Gasteiger partial charge in [-0.3, -0.25) is 9.78 Å². The zero-order valence-corrected chi connectivity index (χ0v) is 14.5. The molecule has 1 heterocycles. The normalized spacial score (nSPS) is 24.0. The van der Waals surface area contributed by atoms with Crippen LogP contribution in [0, 0.1) is 0 Å². The number of hydrogen-bond acceptors (Lipinski definition) is 4. The SMILES string of the molecule is CCOC(=O)CC1(OC)CCC(c2ccnc3ccccc23)CC1. The van der Waals surface area contributed by atoms with Crippen LogP contribution in [-0.4, -0.2) is 30.3 Å². The topological polar surface area (TPSA) is 48.4 Å². The van der Waals surface area contributed by atoms with Gasteiger partial charge in [-0.2, -0.15) is 0 Å². The molecule has 0 atom stereocenters.